The number of hydrogen-bond acceptors (Lipinski definition) is 5. The number of rotatable bonds is 9. The van der Waals surface area contributed by atoms with Crippen molar-refractivity contribution in [3.8, 4) is 5.75 Å². The van der Waals surface area contributed by atoms with E-state index in [1.165, 1.54) is 0 Å². The van der Waals surface area contributed by atoms with Gasteiger partial charge in [-0.1, -0.05) is 18.6 Å². The van der Waals surface area contributed by atoms with E-state index in [1.54, 1.807) is 36.0 Å². The molecule has 5 N–H and O–H groups in total. The van der Waals surface area contributed by atoms with Crippen LogP contribution in [0.15, 0.2) is 30.5 Å². The summed E-state index contributed by atoms with van der Waals surface area (Å²) in [6, 6.07) is 6.73. The molecule has 0 atom stereocenters. The average Bonchev–Trinajstić information content (AvgIpc) is 2.51. The lowest BCUT2D eigenvalue weighted by molar-refractivity contribution is -0.129. The van der Waals surface area contributed by atoms with Crippen molar-refractivity contribution in [1.29, 1.82) is 0 Å². The van der Waals surface area contributed by atoms with Crippen molar-refractivity contribution in [1.82, 2.24) is 16.3 Å². The monoisotopic (exact) mass is 307 g/mol. The second kappa shape index (κ2) is 10.2. The van der Waals surface area contributed by atoms with Gasteiger partial charge in [0.25, 0.3) is 0 Å². The highest BCUT2D eigenvalue weighted by Gasteiger charge is 2.01. The van der Waals surface area contributed by atoms with Gasteiger partial charge >= 0.3 is 0 Å². The molecule has 0 heterocycles. The molecule has 0 spiro atoms. The molecule has 0 bridgehead atoms. The third-order valence-corrected chi connectivity index (χ3v) is 2.87. The van der Waals surface area contributed by atoms with E-state index in [9.17, 15) is 14.7 Å². The average molecular weight is 307 g/mol. The van der Waals surface area contributed by atoms with Crippen molar-refractivity contribution in [2.75, 3.05) is 0 Å². The lowest BCUT2D eigenvalue weighted by atomic mass is 10.1. The largest absolute Gasteiger partial charge is 0.508 e. The molecule has 0 saturated heterocycles. The highest BCUT2D eigenvalue weighted by molar-refractivity contribution is 5.75. The second-order valence-electron chi connectivity index (χ2n) is 4.72. The molecule has 0 aliphatic heterocycles. The number of hydrazine groups is 1. The first-order valence-electron chi connectivity index (χ1n) is 7.04. The van der Waals surface area contributed by atoms with Crippen LogP contribution >= 0.6 is 0 Å². The fraction of sp³-hybridized carbons (Fsp3) is 0.333. The van der Waals surface area contributed by atoms with E-state index in [-0.39, 0.29) is 18.1 Å². The summed E-state index contributed by atoms with van der Waals surface area (Å²) in [5.41, 5.74) is 7.56. The van der Waals surface area contributed by atoms with Crippen LogP contribution in [0.25, 0.3) is 6.08 Å². The Morgan fingerprint density at radius 3 is 2.50 bits per heavy atom. The van der Waals surface area contributed by atoms with Crippen LogP contribution in [0.2, 0.25) is 0 Å². The fourth-order valence-electron chi connectivity index (χ4n) is 1.75. The number of carbonyl (C=O) groups excluding carboxylic acids is 2. The van der Waals surface area contributed by atoms with Crippen LogP contribution in [0, 0.1) is 0 Å². The Bertz CT molecular complexity index is 517. The molecule has 0 fully saturated rings. The van der Waals surface area contributed by atoms with Crippen LogP contribution < -0.4 is 16.3 Å². The van der Waals surface area contributed by atoms with Crippen molar-refractivity contribution in [2.45, 2.75) is 32.1 Å². The van der Waals surface area contributed by atoms with Crippen LogP contribution in [0.4, 0.5) is 0 Å². The summed E-state index contributed by atoms with van der Waals surface area (Å²) in [4.78, 5) is 22.2. The number of amides is 2. The molecule has 0 radical (unpaired) electrons. The minimum Gasteiger partial charge on any atom is -0.508 e. The SMILES string of the molecule is O=C(CCCCCC(=O)NN/C=C/c1cccc(O)c1)NO. The topological polar surface area (TPSA) is 111 Å². The molecule has 1 aromatic carbocycles. The number of benzene rings is 1. The molecule has 0 aromatic heterocycles. The zero-order chi connectivity index (χ0) is 16.2. The van der Waals surface area contributed by atoms with Gasteiger partial charge in [-0.15, -0.1) is 0 Å². The van der Waals surface area contributed by atoms with Gasteiger partial charge in [-0.25, -0.2) is 5.48 Å². The summed E-state index contributed by atoms with van der Waals surface area (Å²) in [5, 5.41) is 17.6. The Morgan fingerprint density at radius 1 is 1.09 bits per heavy atom. The first kappa shape index (κ1) is 17.5. The number of phenols is 1. The predicted molar refractivity (Wildman–Crippen MR) is 81.4 cm³/mol. The third kappa shape index (κ3) is 7.91. The molecule has 0 saturated carbocycles. The summed E-state index contributed by atoms with van der Waals surface area (Å²) in [6.07, 6.45) is 5.93. The molecule has 22 heavy (non-hydrogen) atoms. The van der Waals surface area contributed by atoms with Crippen LogP contribution in [0.1, 0.15) is 37.7 Å². The minimum absolute atomic E-state index is 0.146. The number of phenolic OH excluding ortho intramolecular Hbond substituents is 1. The smallest absolute Gasteiger partial charge is 0.243 e. The van der Waals surface area contributed by atoms with Crippen LogP contribution in [0.3, 0.4) is 0 Å². The maximum Gasteiger partial charge on any atom is 0.243 e. The summed E-state index contributed by atoms with van der Waals surface area (Å²) in [5.74, 6) is -0.378. The first-order chi connectivity index (χ1) is 10.6. The highest BCUT2D eigenvalue weighted by Crippen LogP contribution is 2.11. The molecule has 0 aliphatic carbocycles. The third-order valence-electron chi connectivity index (χ3n) is 2.87. The number of nitrogens with one attached hydrogen (secondary N) is 3. The van der Waals surface area contributed by atoms with Gasteiger partial charge in [0.05, 0.1) is 0 Å². The van der Waals surface area contributed by atoms with Crippen molar-refractivity contribution in [2.24, 2.45) is 0 Å². The second-order valence-corrected chi connectivity index (χ2v) is 4.72. The Hall–Kier alpha value is -2.54. The Balaban J connectivity index is 2.09. The van der Waals surface area contributed by atoms with E-state index in [4.69, 9.17) is 5.21 Å². The standard InChI is InChI=1S/C15H21N3O4/c19-13-6-4-5-12(11-13)9-10-16-17-14(20)7-2-1-3-8-15(21)18-22/h4-6,9-11,16,19,22H,1-3,7-8H2,(H,17,20)(H,18,21)/b10-9+. The van der Waals surface area contributed by atoms with E-state index >= 15 is 0 Å². The van der Waals surface area contributed by atoms with Gasteiger partial charge in [-0.05, 0) is 36.6 Å². The van der Waals surface area contributed by atoms with E-state index in [0.29, 0.717) is 19.3 Å². The maximum atomic E-state index is 11.5. The van der Waals surface area contributed by atoms with Crippen molar-refractivity contribution < 1.29 is 19.9 Å². The molecular weight excluding hydrogens is 286 g/mol. The number of unbranched alkanes of at least 4 members (excludes halogenated alkanes) is 2. The van der Waals surface area contributed by atoms with Crippen molar-refractivity contribution in [3.05, 3.63) is 36.0 Å². The van der Waals surface area contributed by atoms with Gasteiger partial charge in [0.2, 0.25) is 11.8 Å². The zero-order valence-electron chi connectivity index (χ0n) is 12.2. The van der Waals surface area contributed by atoms with E-state index in [2.05, 4.69) is 10.9 Å². The molecule has 1 rings (SSSR count). The van der Waals surface area contributed by atoms with Crippen LogP contribution in [0.5, 0.6) is 5.75 Å². The molecule has 7 heteroatoms. The normalized spacial score (nSPS) is 10.4. The summed E-state index contributed by atoms with van der Waals surface area (Å²) >= 11 is 0. The number of hydrogen-bond donors (Lipinski definition) is 5. The molecule has 0 aliphatic rings. The van der Waals surface area contributed by atoms with Gasteiger partial charge < -0.3 is 10.5 Å². The fourth-order valence-corrected chi connectivity index (χ4v) is 1.75. The van der Waals surface area contributed by atoms with E-state index in [0.717, 1.165) is 12.0 Å². The van der Waals surface area contributed by atoms with Gasteiger partial charge in [-0.2, -0.15) is 0 Å². The van der Waals surface area contributed by atoms with Gasteiger partial charge in [0.1, 0.15) is 5.75 Å². The summed E-state index contributed by atoms with van der Waals surface area (Å²) in [7, 11) is 0. The van der Waals surface area contributed by atoms with E-state index in [1.807, 2.05) is 6.07 Å². The number of carbonyl (C=O) groups is 2. The molecular formula is C15H21N3O4. The zero-order valence-corrected chi connectivity index (χ0v) is 12.2. The Labute approximate surface area is 129 Å². The Kier molecular flexibility index (Phi) is 8.14. The molecule has 2 amide bonds. The number of aromatic hydroxyl groups is 1. The van der Waals surface area contributed by atoms with Gasteiger partial charge in [-0.3, -0.25) is 20.2 Å². The minimum atomic E-state index is -0.414. The summed E-state index contributed by atoms with van der Waals surface area (Å²) in [6.45, 7) is 0. The lowest BCUT2D eigenvalue weighted by Crippen LogP contribution is -2.33. The molecule has 120 valence electrons. The summed E-state index contributed by atoms with van der Waals surface area (Å²) < 4.78 is 0. The quantitative estimate of drug-likeness (QED) is 0.269. The molecule has 0 unspecified atom stereocenters. The highest BCUT2D eigenvalue weighted by atomic mass is 16.5. The van der Waals surface area contributed by atoms with E-state index < -0.39 is 5.91 Å². The molecule has 1 aromatic rings. The maximum absolute atomic E-state index is 11.5. The van der Waals surface area contributed by atoms with Crippen LogP contribution in [-0.2, 0) is 9.59 Å². The Morgan fingerprint density at radius 2 is 1.82 bits per heavy atom. The van der Waals surface area contributed by atoms with Crippen molar-refractivity contribution >= 4 is 17.9 Å². The number of hydroxylamine groups is 1. The molecule has 7 nitrogen and oxygen atoms in total. The first-order valence-corrected chi connectivity index (χ1v) is 7.04. The van der Waals surface area contributed by atoms with Gasteiger partial charge in [0.15, 0.2) is 0 Å². The van der Waals surface area contributed by atoms with Crippen LogP contribution in [-0.4, -0.2) is 22.1 Å². The predicted octanol–water partition coefficient (Wildman–Crippen LogP) is 1.44. The van der Waals surface area contributed by atoms with Crippen molar-refractivity contribution in [3.63, 3.8) is 0 Å². The van der Waals surface area contributed by atoms with Gasteiger partial charge in [0, 0.05) is 19.0 Å². The lowest BCUT2D eigenvalue weighted by Gasteiger charge is -2.04.